The van der Waals surface area contributed by atoms with Crippen LogP contribution in [0.1, 0.15) is 32.6 Å². The quantitative estimate of drug-likeness (QED) is 0.673. The van der Waals surface area contributed by atoms with E-state index in [0.717, 1.165) is 15.4 Å². The smallest absolute Gasteiger partial charge is 0.338 e. The SMILES string of the molecule is CCOC(=O)c1ccc(NC(=O)c2nc(-c3ccccc3)sc2C)cc1. The third-order valence-corrected chi connectivity index (χ3v) is 4.71. The third kappa shape index (κ3) is 3.97. The van der Waals surface area contributed by atoms with Gasteiger partial charge in [-0.1, -0.05) is 30.3 Å². The standard InChI is InChI=1S/C20H18N2O3S/c1-3-25-20(24)15-9-11-16(12-10-15)21-18(23)17-13(2)26-19(22-17)14-7-5-4-6-8-14/h4-12H,3H2,1-2H3,(H,21,23). The Labute approximate surface area is 155 Å². The van der Waals surface area contributed by atoms with Crippen molar-refractivity contribution >= 4 is 28.9 Å². The van der Waals surface area contributed by atoms with Gasteiger partial charge in [-0.2, -0.15) is 0 Å². The highest BCUT2D eigenvalue weighted by atomic mass is 32.1. The lowest BCUT2D eigenvalue weighted by molar-refractivity contribution is 0.0526. The number of aromatic nitrogens is 1. The molecular weight excluding hydrogens is 348 g/mol. The van der Waals surface area contributed by atoms with E-state index in [4.69, 9.17) is 4.74 Å². The average Bonchev–Trinajstić information content (AvgIpc) is 3.05. The zero-order valence-corrected chi connectivity index (χ0v) is 15.3. The molecule has 1 aromatic heterocycles. The molecule has 5 nitrogen and oxygen atoms in total. The number of anilines is 1. The van der Waals surface area contributed by atoms with E-state index in [9.17, 15) is 9.59 Å². The molecule has 6 heteroatoms. The molecule has 3 aromatic rings. The summed E-state index contributed by atoms with van der Waals surface area (Å²) in [4.78, 5) is 29.5. The number of esters is 1. The second-order valence-corrected chi connectivity index (χ2v) is 6.74. The number of hydrogen-bond donors (Lipinski definition) is 1. The number of carbonyl (C=O) groups is 2. The van der Waals surface area contributed by atoms with Gasteiger partial charge in [0.05, 0.1) is 12.2 Å². The van der Waals surface area contributed by atoms with E-state index in [1.54, 1.807) is 31.2 Å². The molecule has 0 bridgehead atoms. The number of rotatable bonds is 5. The highest BCUT2D eigenvalue weighted by molar-refractivity contribution is 7.15. The van der Waals surface area contributed by atoms with Crippen LogP contribution in [0.15, 0.2) is 54.6 Å². The van der Waals surface area contributed by atoms with Crippen LogP contribution in [0.25, 0.3) is 10.6 Å². The van der Waals surface area contributed by atoms with Gasteiger partial charge in [0.1, 0.15) is 10.7 Å². The highest BCUT2D eigenvalue weighted by Crippen LogP contribution is 2.27. The van der Waals surface area contributed by atoms with Gasteiger partial charge in [0, 0.05) is 16.1 Å². The lowest BCUT2D eigenvalue weighted by Crippen LogP contribution is -2.13. The maximum Gasteiger partial charge on any atom is 0.338 e. The predicted molar refractivity (Wildman–Crippen MR) is 103 cm³/mol. The summed E-state index contributed by atoms with van der Waals surface area (Å²) in [6, 6.07) is 16.3. The van der Waals surface area contributed by atoms with Crippen LogP contribution < -0.4 is 5.32 Å². The third-order valence-electron chi connectivity index (χ3n) is 3.69. The maximum atomic E-state index is 12.5. The van der Waals surface area contributed by atoms with E-state index in [0.29, 0.717) is 23.6 Å². The molecule has 0 saturated heterocycles. The summed E-state index contributed by atoms with van der Waals surface area (Å²) in [6.07, 6.45) is 0. The molecule has 0 atom stereocenters. The van der Waals surface area contributed by atoms with Crippen LogP contribution in [0.2, 0.25) is 0 Å². The van der Waals surface area contributed by atoms with Crippen molar-refractivity contribution in [3.63, 3.8) is 0 Å². The van der Waals surface area contributed by atoms with Crippen molar-refractivity contribution < 1.29 is 14.3 Å². The minimum Gasteiger partial charge on any atom is -0.462 e. The molecule has 0 aliphatic rings. The zero-order chi connectivity index (χ0) is 18.5. The number of benzene rings is 2. The molecule has 0 aliphatic heterocycles. The summed E-state index contributed by atoms with van der Waals surface area (Å²) < 4.78 is 4.94. The summed E-state index contributed by atoms with van der Waals surface area (Å²) in [5.41, 5.74) is 2.43. The van der Waals surface area contributed by atoms with Crippen molar-refractivity contribution in [3.05, 3.63) is 70.7 Å². The Balaban J connectivity index is 1.74. The first-order valence-electron chi connectivity index (χ1n) is 8.20. The van der Waals surface area contributed by atoms with Crippen molar-refractivity contribution in [3.8, 4) is 10.6 Å². The molecule has 0 radical (unpaired) electrons. The Morgan fingerprint density at radius 3 is 2.42 bits per heavy atom. The van der Waals surface area contributed by atoms with Crippen molar-refractivity contribution in [2.45, 2.75) is 13.8 Å². The van der Waals surface area contributed by atoms with Crippen LogP contribution in [-0.2, 0) is 4.74 Å². The summed E-state index contributed by atoms with van der Waals surface area (Å²) in [7, 11) is 0. The minimum absolute atomic E-state index is 0.273. The van der Waals surface area contributed by atoms with Crippen LogP contribution in [0.3, 0.4) is 0 Å². The molecule has 1 amide bonds. The molecule has 132 valence electrons. The Morgan fingerprint density at radius 2 is 1.77 bits per heavy atom. The number of nitrogens with zero attached hydrogens (tertiary/aromatic N) is 1. The van der Waals surface area contributed by atoms with E-state index in [1.807, 2.05) is 37.3 Å². The number of carbonyl (C=O) groups excluding carboxylic acids is 2. The molecule has 3 rings (SSSR count). The van der Waals surface area contributed by atoms with E-state index in [2.05, 4.69) is 10.3 Å². The van der Waals surface area contributed by atoms with Crippen molar-refractivity contribution in [2.75, 3.05) is 11.9 Å². The molecule has 0 aliphatic carbocycles. The number of thiazole rings is 1. The van der Waals surface area contributed by atoms with Gasteiger partial charge < -0.3 is 10.1 Å². The Morgan fingerprint density at radius 1 is 1.08 bits per heavy atom. The first-order chi connectivity index (χ1) is 12.6. The second-order valence-electron chi connectivity index (χ2n) is 5.54. The van der Waals surface area contributed by atoms with Gasteiger partial charge in [0.2, 0.25) is 0 Å². The Hall–Kier alpha value is -2.99. The fourth-order valence-corrected chi connectivity index (χ4v) is 3.32. The van der Waals surface area contributed by atoms with Gasteiger partial charge in [0.25, 0.3) is 5.91 Å². The van der Waals surface area contributed by atoms with Crippen LogP contribution in [-0.4, -0.2) is 23.5 Å². The molecule has 26 heavy (non-hydrogen) atoms. The number of aryl methyl sites for hydroxylation is 1. The molecule has 0 fully saturated rings. The largest absolute Gasteiger partial charge is 0.462 e. The minimum atomic E-state index is -0.381. The van der Waals surface area contributed by atoms with Crippen LogP contribution in [0.4, 0.5) is 5.69 Å². The summed E-state index contributed by atoms with van der Waals surface area (Å²) in [6.45, 7) is 3.96. The lowest BCUT2D eigenvalue weighted by atomic mass is 10.2. The van der Waals surface area contributed by atoms with Crippen LogP contribution >= 0.6 is 11.3 Å². The predicted octanol–water partition coefficient (Wildman–Crippen LogP) is 4.55. The molecular formula is C20H18N2O3S. The molecule has 1 N–H and O–H groups in total. The molecule has 2 aromatic carbocycles. The van der Waals surface area contributed by atoms with E-state index < -0.39 is 0 Å². The van der Waals surface area contributed by atoms with Crippen LogP contribution in [0, 0.1) is 6.92 Å². The average molecular weight is 366 g/mol. The molecule has 0 unspecified atom stereocenters. The van der Waals surface area contributed by atoms with Gasteiger partial charge >= 0.3 is 5.97 Å². The first kappa shape index (κ1) is 17.8. The van der Waals surface area contributed by atoms with Crippen molar-refractivity contribution in [1.82, 2.24) is 4.98 Å². The monoisotopic (exact) mass is 366 g/mol. The van der Waals surface area contributed by atoms with Gasteiger partial charge in [-0.3, -0.25) is 4.79 Å². The topological polar surface area (TPSA) is 68.3 Å². The number of amides is 1. The zero-order valence-electron chi connectivity index (χ0n) is 14.5. The van der Waals surface area contributed by atoms with Crippen molar-refractivity contribution in [2.24, 2.45) is 0 Å². The van der Waals surface area contributed by atoms with Gasteiger partial charge in [-0.15, -0.1) is 11.3 Å². The summed E-state index contributed by atoms with van der Waals surface area (Å²) in [5.74, 6) is -0.655. The van der Waals surface area contributed by atoms with Gasteiger partial charge in [-0.25, -0.2) is 9.78 Å². The second kappa shape index (κ2) is 7.93. The summed E-state index contributed by atoms with van der Waals surface area (Å²) >= 11 is 1.49. The summed E-state index contributed by atoms with van der Waals surface area (Å²) in [5, 5.41) is 3.63. The Bertz CT molecular complexity index is 918. The van der Waals surface area contributed by atoms with E-state index in [1.165, 1.54) is 11.3 Å². The number of hydrogen-bond acceptors (Lipinski definition) is 5. The fraction of sp³-hybridized carbons (Fsp3) is 0.150. The molecule has 1 heterocycles. The molecule has 0 spiro atoms. The van der Waals surface area contributed by atoms with Gasteiger partial charge in [-0.05, 0) is 38.1 Å². The maximum absolute atomic E-state index is 12.5. The van der Waals surface area contributed by atoms with E-state index in [-0.39, 0.29) is 11.9 Å². The van der Waals surface area contributed by atoms with Gasteiger partial charge in [0.15, 0.2) is 0 Å². The highest BCUT2D eigenvalue weighted by Gasteiger charge is 2.16. The number of ether oxygens (including phenoxy) is 1. The number of nitrogens with one attached hydrogen (secondary N) is 1. The molecule has 0 saturated carbocycles. The first-order valence-corrected chi connectivity index (χ1v) is 9.01. The fourth-order valence-electron chi connectivity index (χ4n) is 2.41. The van der Waals surface area contributed by atoms with Crippen LogP contribution in [0.5, 0.6) is 0 Å². The van der Waals surface area contributed by atoms with E-state index >= 15 is 0 Å². The normalized spacial score (nSPS) is 10.4. The van der Waals surface area contributed by atoms with Crippen molar-refractivity contribution in [1.29, 1.82) is 0 Å². The lowest BCUT2D eigenvalue weighted by Gasteiger charge is -2.05. The Kier molecular flexibility index (Phi) is 5.43.